The standard InChI is InChI=1S/C17H23NO5/c1-10(2)23-17(21)15(19)18(13(5)16(20)22-6)14-11(3)8-7-9-12(14)4/h7-10,13H,1-6H3. The van der Waals surface area contributed by atoms with Crippen LogP contribution in [0, 0.1) is 13.8 Å². The minimum Gasteiger partial charge on any atom is -0.467 e. The van der Waals surface area contributed by atoms with Crippen molar-refractivity contribution in [3.05, 3.63) is 29.3 Å². The third kappa shape index (κ3) is 4.31. The minimum atomic E-state index is -1.00. The van der Waals surface area contributed by atoms with E-state index in [0.29, 0.717) is 5.69 Å². The van der Waals surface area contributed by atoms with E-state index in [1.165, 1.54) is 14.0 Å². The number of benzene rings is 1. The molecule has 0 heterocycles. The molecule has 0 aliphatic rings. The van der Waals surface area contributed by atoms with Crippen LogP contribution in [0.5, 0.6) is 0 Å². The van der Waals surface area contributed by atoms with Gasteiger partial charge in [-0.1, -0.05) is 18.2 Å². The third-order valence-corrected chi connectivity index (χ3v) is 3.35. The molecule has 0 saturated carbocycles. The van der Waals surface area contributed by atoms with Gasteiger partial charge in [0.1, 0.15) is 6.04 Å². The molecule has 0 bridgehead atoms. The molecule has 1 unspecified atom stereocenters. The largest absolute Gasteiger partial charge is 0.467 e. The number of hydrogen-bond donors (Lipinski definition) is 0. The molecule has 6 nitrogen and oxygen atoms in total. The molecule has 1 aromatic carbocycles. The van der Waals surface area contributed by atoms with Crippen molar-refractivity contribution in [2.75, 3.05) is 12.0 Å². The van der Waals surface area contributed by atoms with E-state index in [4.69, 9.17) is 9.47 Å². The quantitative estimate of drug-likeness (QED) is 0.627. The van der Waals surface area contributed by atoms with Crippen LogP contribution in [-0.2, 0) is 23.9 Å². The number of hydrogen-bond acceptors (Lipinski definition) is 5. The summed E-state index contributed by atoms with van der Waals surface area (Å²) >= 11 is 0. The normalized spacial score (nSPS) is 11.8. The highest BCUT2D eigenvalue weighted by atomic mass is 16.5. The molecule has 126 valence electrons. The van der Waals surface area contributed by atoms with Crippen molar-refractivity contribution in [3.8, 4) is 0 Å². The molecule has 0 aliphatic carbocycles. The van der Waals surface area contributed by atoms with Gasteiger partial charge in [-0.2, -0.15) is 0 Å². The molecule has 1 aromatic rings. The van der Waals surface area contributed by atoms with Gasteiger partial charge in [-0.15, -0.1) is 0 Å². The van der Waals surface area contributed by atoms with Crippen molar-refractivity contribution in [3.63, 3.8) is 0 Å². The van der Waals surface area contributed by atoms with E-state index in [1.807, 2.05) is 6.07 Å². The highest BCUT2D eigenvalue weighted by Gasteiger charge is 2.35. The molecular formula is C17H23NO5. The Hall–Kier alpha value is -2.37. The molecule has 0 aliphatic heterocycles. The van der Waals surface area contributed by atoms with E-state index in [-0.39, 0.29) is 0 Å². The highest BCUT2D eigenvalue weighted by Crippen LogP contribution is 2.27. The molecule has 1 amide bonds. The van der Waals surface area contributed by atoms with Crippen LogP contribution in [0.4, 0.5) is 5.69 Å². The molecular weight excluding hydrogens is 298 g/mol. The second-order valence-electron chi connectivity index (χ2n) is 5.57. The number of carbonyl (C=O) groups is 3. The van der Waals surface area contributed by atoms with Crippen LogP contribution >= 0.6 is 0 Å². The molecule has 1 rings (SSSR count). The number of nitrogens with zero attached hydrogens (tertiary/aromatic N) is 1. The van der Waals surface area contributed by atoms with Gasteiger partial charge in [0, 0.05) is 0 Å². The summed E-state index contributed by atoms with van der Waals surface area (Å²) in [6.07, 6.45) is -0.431. The van der Waals surface area contributed by atoms with Crippen LogP contribution in [-0.4, -0.2) is 37.1 Å². The van der Waals surface area contributed by atoms with Gasteiger partial charge < -0.3 is 9.47 Å². The lowest BCUT2D eigenvalue weighted by molar-refractivity contribution is -0.157. The summed E-state index contributed by atoms with van der Waals surface area (Å²) in [5, 5.41) is 0. The van der Waals surface area contributed by atoms with Gasteiger partial charge in [0.2, 0.25) is 0 Å². The SMILES string of the molecule is COC(=O)C(C)N(C(=O)C(=O)OC(C)C)c1c(C)cccc1C. The van der Waals surface area contributed by atoms with E-state index in [9.17, 15) is 14.4 Å². The molecule has 1 atom stereocenters. The summed E-state index contributed by atoms with van der Waals surface area (Å²) in [5.41, 5.74) is 2.05. The zero-order valence-electron chi connectivity index (χ0n) is 14.4. The Bertz CT molecular complexity index is 589. The summed E-state index contributed by atoms with van der Waals surface area (Å²) in [4.78, 5) is 37.7. The van der Waals surface area contributed by atoms with Crippen molar-refractivity contribution in [1.82, 2.24) is 0 Å². The lowest BCUT2D eigenvalue weighted by atomic mass is 10.1. The van der Waals surface area contributed by atoms with E-state index in [0.717, 1.165) is 16.0 Å². The van der Waals surface area contributed by atoms with E-state index in [2.05, 4.69) is 0 Å². The Kier molecular flexibility index (Phi) is 6.30. The molecule has 0 fully saturated rings. The molecule has 23 heavy (non-hydrogen) atoms. The van der Waals surface area contributed by atoms with Gasteiger partial charge in [0.15, 0.2) is 0 Å². The fraction of sp³-hybridized carbons (Fsp3) is 0.471. The number of para-hydroxylation sites is 1. The molecule has 6 heteroatoms. The Labute approximate surface area is 136 Å². The first-order chi connectivity index (χ1) is 10.7. The first kappa shape index (κ1) is 18.7. The van der Waals surface area contributed by atoms with Crippen molar-refractivity contribution in [2.45, 2.75) is 46.8 Å². The van der Waals surface area contributed by atoms with Gasteiger partial charge in [-0.3, -0.25) is 9.69 Å². The summed E-state index contributed by atoms with van der Waals surface area (Å²) < 4.78 is 9.70. The van der Waals surface area contributed by atoms with Crippen molar-refractivity contribution in [1.29, 1.82) is 0 Å². The molecule has 0 aromatic heterocycles. The Morgan fingerprint density at radius 1 is 1.04 bits per heavy atom. The predicted molar refractivity (Wildman–Crippen MR) is 86.1 cm³/mol. The number of esters is 2. The number of anilines is 1. The summed E-state index contributed by atoms with van der Waals surface area (Å²) in [5.74, 6) is -2.51. The maximum atomic E-state index is 12.6. The average molecular weight is 321 g/mol. The number of carbonyl (C=O) groups excluding carboxylic acids is 3. The van der Waals surface area contributed by atoms with Crippen molar-refractivity contribution in [2.24, 2.45) is 0 Å². The van der Waals surface area contributed by atoms with Crippen LogP contribution in [0.1, 0.15) is 31.9 Å². The number of amides is 1. The van der Waals surface area contributed by atoms with Gasteiger partial charge in [-0.05, 0) is 45.7 Å². The lowest BCUT2D eigenvalue weighted by Gasteiger charge is -2.29. The fourth-order valence-corrected chi connectivity index (χ4v) is 2.30. The number of ether oxygens (including phenoxy) is 2. The van der Waals surface area contributed by atoms with E-state index < -0.39 is 30.0 Å². The van der Waals surface area contributed by atoms with Gasteiger partial charge in [-0.25, -0.2) is 9.59 Å². The van der Waals surface area contributed by atoms with Crippen LogP contribution < -0.4 is 4.90 Å². The third-order valence-electron chi connectivity index (χ3n) is 3.35. The van der Waals surface area contributed by atoms with Gasteiger partial charge in [0.25, 0.3) is 0 Å². The topological polar surface area (TPSA) is 72.9 Å². The number of rotatable bonds is 4. The van der Waals surface area contributed by atoms with Gasteiger partial charge >= 0.3 is 17.8 Å². The van der Waals surface area contributed by atoms with E-state index >= 15 is 0 Å². The zero-order chi connectivity index (χ0) is 17.7. The number of methoxy groups -OCH3 is 1. The van der Waals surface area contributed by atoms with Crippen molar-refractivity contribution < 1.29 is 23.9 Å². The Balaban J connectivity index is 3.36. The van der Waals surface area contributed by atoms with Crippen LogP contribution in [0.25, 0.3) is 0 Å². The summed E-state index contributed by atoms with van der Waals surface area (Å²) in [7, 11) is 1.23. The van der Waals surface area contributed by atoms with Crippen molar-refractivity contribution >= 4 is 23.5 Å². The van der Waals surface area contributed by atoms with E-state index in [1.54, 1.807) is 39.8 Å². The molecule has 0 saturated heterocycles. The first-order valence-electron chi connectivity index (χ1n) is 7.38. The maximum absolute atomic E-state index is 12.6. The zero-order valence-corrected chi connectivity index (χ0v) is 14.4. The highest BCUT2D eigenvalue weighted by molar-refractivity contribution is 6.39. The Morgan fingerprint density at radius 3 is 2.00 bits per heavy atom. The van der Waals surface area contributed by atoms with Gasteiger partial charge in [0.05, 0.1) is 18.9 Å². The smallest absolute Gasteiger partial charge is 0.397 e. The molecule has 0 spiro atoms. The molecule has 0 N–H and O–H groups in total. The average Bonchev–Trinajstić information content (AvgIpc) is 2.48. The second kappa shape index (κ2) is 7.76. The Morgan fingerprint density at radius 2 is 1.57 bits per heavy atom. The van der Waals surface area contributed by atoms with Crippen LogP contribution in [0.15, 0.2) is 18.2 Å². The predicted octanol–water partition coefficient (Wildman–Crippen LogP) is 2.15. The summed E-state index contributed by atoms with van der Waals surface area (Å²) in [6.45, 7) is 8.43. The second-order valence-corrected chi connectivity index (χ2v) is 5.57. The van der Waals surface area contributed by atoms with Crippen LogP contribution in [0.3, 0.4) is 0 Å². The maximum Gasteiger partial charge on any atom is 0.397 e. The fourth-order valence-electron chi connectivity index (χ4n) is 2.30. The lowest BCUT2D eigenvalue weighted by Crippen LogP contribution is -2.48. The van der Waals surface area contributed by atoms with Crippen LogP contribution in [0.2, 0.25) is 0 Å². The number of aryl methyl sites for hydroxylation is 2. The summed E-state index contributed by atoms with van der Waals surface area (Å²) in [6, 6.07) is 4.50. The monoisotopic (exact) mass is 321 g/mol. The molecule has 0 radical (unpaired) electrons. The minimum absolute atomic E-state index is 0.431. The first-order valence-corrected chi connectivity index (χ1v) is 7.38.